The SMILES string of the molecule is CCC(c1nc2ccccc2c(=O)n1-c1cccc(Cl)c1)N(CCN(C)C)C(=O)c1cccc(Br)c1. The van der Waals surface area contributed by atoms with E-state index < -0.39 is 6.04 Å². The predicted molar refractivity (Wildman–Crippen MR) is 149 cm³/mol. The highest BCUT2D eigenvalue weighted by Gasteiger charge is 2.30. The Labute approximate surface area is 224 Å². The van der Waals surface area contributed by atoms with Crippen LogP contribution in [0.25, 0.3) is 16.6 Å². The number of aromatic nitrogens is 2. The molecule has 0 spiro atoms. The summed E-state index contributed by atoms with van der Waals surface area (Å²) in [6, 6.07) is 21.3. The van der Waals surface area contributed by atoms with Gasteiger partial charge in [0.05, 0.1) is 22.6 Å². The molecule has 1 atom stereocenters. The summed E-state index contributed by atoms with van der Waals surface area (Å²) in [4.78, 5) is 36.5. The number of hydrogen-bond donors (Lipinski definition) is 0. The lowest BCUT2D eigenvalue weighted by Crippen LogP contribution is -2.41. The molecule has 1 aromatic heterocycles. The van der Waals surface area contributed by atoms with Crippen molar-refractivity contribution in [3.05, 3.63) is 104 Å². The Bertz CT molecular complexity index is 1450. The summed E-state index contributed by atoms with van der Waals surface area (Å²) in [7, 11) is 3.94. The van der Waals surface area contributed by atoms with E-state index in [-0.39, 0.29) is 11.5 Å². The molecule has 1 heterocycles. The van der Waals surface area contributed by atoms with Crippen LogP contribution >= 0.6 is 27.5 Å². The Morgan fingerprint density at radius 3 is 2.47 bits per heavy atom. The molecule has 0 aliphatic rings. The molecule has 8 heteroatoms. The van der Waals surface area contributed by atoms with Crippen molar-refractivity contribution in [2.45, 2.75) is 19.4 Å². The fourth-order valence-electron chi connectivity index (χ4n) is 4.27. The largest absolute Gasteiger partial charge is 0.327 e. The maximum Gasteiger partial charge on any atom is 0.266 e. The van der Waals surface area contributed by atoms with E-state index >= 15 is 0 Å². The zero-order valence-corrected chi connectivity index (χ0v) is 22.8. The molecular weight excluding hydrogens is 540 g/mol. The summed E-state index contributed by atoms with van der Waals surface area (Å²) >= 11 is 9.79. The van der Waals surface area contributed by atoms with E-state index in [0.717, 1.165) is 4.47 Å². The van der Waals surface area contributed by atoms with Gasteiger partial charge >= 0.3 is 0 Å². The summed E-state index contributed by atoms with van der Waals surface area (Å²) in [6.45, 7) is 3.13. The maximum atomic E-state index is 13.9. The van der Waals surface area contributed by atoms with E-state index in [9.17, 15) is 9.59 Å². The number of benzene rings is 3. The van der Waals surface area contributed by atoms with Gasteiger partial charge in [0, 0.05) is 28.1 Å². The Morgan fingerprint density at radius 2 is 1.78 bits per heavy atom. The molecule has 1 unspecified atom stereocenters. The predicted octanol–water partition coefficient (Wildman–Crippen LogP) is 5.96. The number of amides is 1. The number of para-hydroxylation sites is 1. The normalized spacial score (nSPS) is 12.2. The topological polar surface area (TPSA) is 58.4 Å². The monoisotopic (exact) mass is 566 g/mol. The molecule has 0 aliphatic carbocycles. The number of fused-ring (bicyclic) bond motifs is 1. The molecule has 0 saturated carbocycles. The molecule has 4 rings (SSSR count). The first kappa shape index (κ1) is 26.1. The zero-order valence-electron chi connectivity index (χ0n) is 20.5. The van der Waals surface area contributed by atoms with Crippen molar-refractivity contribution in [3.63, 3.8) is 0 Å². The molecule has 0 fully saturated rings. The summed E-state index contributed by atoms with van der Waals surface area (Å²) in [5.41, 5.74) is 1.58. The van der Waals surface area contributed by atoms with Gasteiger partial charge in [0.15, 0.2) is 0 Å². The molecular formula is C28H28BrClN4O2. The van der Waals surface area contributed by atoms with Crippen LogP contribution in [0.3, 0.4) is 0 Å². The van der Waals surface area contributed by atoms with Crippen LogP contribution in [0, 0.1) is 0 Å². The minimum atomic E-state index is -0.451. The van der Waals surface area contributed by atoms with Gasteiger partial charge in [-0.25, -0.2) is 4.98 Å². The quantitative estimate of drug-likeness (QED) is 0.264. The maximum absolute atomic E-state index is 13.9. The van der Waals surface area contributed by atoms with Gasteiger partial charge < -0.3 is 9.80 Å². The number of carbonyl (C=O) groups excluding carboxylic acids is 1. The van der Waals surface area contributed by atoms with E-state index in [0.29, 0.717) is 52.5 Å². The Morgan fingerprint density at radius 1 is 1.03 bits per heavy atom. The van der Waals surface area contributed by atoms with Crippen LogP contribution in [-0.4, -0.2) is 52.4 Å². The van der Waals surface area contributed by atoms with E-state index in [4.69, 9.17) is 16.6 Å². The molecule has 1 amide bonds. The summed E-state index contributed by atoms with van der Waals surface area (Å²) in [5, 5.41) is 1.02. The summed E-state index contributed by atoms with van der Waals surface area (Å²) < 4.78 is 2.42. The van der Waals surface area contributed by atoms with Crippen molar-refractivity contribution in [3.8, 4) is 5.69 Å². The van der Waals surface area contributed by atoms with Crippen molar-refractivity contribution in [2.75, 3.05) is 27.2 Å². The van der Waals surface area contributed by atoms with Crippen molar-refractivity contribution in [2.24, 2.45) is 0 Å². The molecule has 0 radical (unpaired) electrons. The van der Waals surface area contributed by atoms with E-state index in [1.54, 1.807) is 34.9 Å². The van der Waals surface area contributed by atoms with Gasteiger partial charge in [0.25, 0.3) is 11.5 Å². The standard InChI is InChI=1S/C28H28BrClN4O2/c1-4-25(33(16-15-32(2)3)27(35)19-9-7-10-20(29)17-19)26-31-24-14-6-5-13-23(24)28(36)34(26)22-12-8-11-21(30)18-22/h5-14,17-18,25H,4,15-16H2,1-3H3. The first-order valence-electron chi connectivity index (χ1n) is 11.8. The minimum absolute atomic E-state index is 0.120. The van der Waals surface area contributed by atoms with E-state index in [1.807, 2.05) is 73.3 Å². The first-order chi connectivity index (χ1) is 17.3. The van der Waals surface area contributed by atoms with Crippen molar-refractivity contribution in [1.82, 2.24) is 19.4 Å². The van der Waals surface area contributed by atoms with Gasteiger partial charge in [-0.05, 0) is 69.0 Å². The molecule has 0 saturated heterocycles. The van der Waals surface area contributed by atoms with Gasteiger partial charge in [-0.3, -0.25) is 14.2 Å². The number of nitrogens with zero attached hydrogens (tertiary/aromatic N) is 4. The molecule has 36 heavy (non-hydrogen) atoms. The first-order valence-corrected chi connectivity index (χ1v) is 13.0. The lowest BCUT2D eigenvalue weighted by molar-refractivity contribution is 0.0644. The highest BCUT2D eigenvalue weighted by Crippen LogP contribution is 2.28. The Hall–Kier alpha value is -3.00. The van der Waals surface area contributed by atoms with Gasteiger partial charge in [0.1, 0.15) is 5.82 Å². The van der Waals surface area contributed by atoms with Crippen molar-refractivity contribution < 1.29 is 4.79 Å². The Kier molecular flexibility index (Phi) is 8.24. The molecule has 0 N–H and O–H groups in total. The second kappa shape index (κ2) is 11.4. The molecule has 6 nitrogen and oxygen atoms in total. The van der Waals surface area contributed by atoms with Crippen LogP contribution in [0.2, 0.25) is 5.02 Å². The van der Waals surface area contributed by atoms with Crippen LogP contribution in [0.5, 0.6) is 0 Å². The lowest BCUT2D eigenvalue weighted by Gasteiger charge is -2.33. The second-order valence-corrected chi connectivity index (χ2v) is 10.2. The van der Waals surface area contributed by atoms with Crippen LogP contribution in [-0.2, 0) is 0 Å². The lowest BCUT2D eigenvalue weighted by atomic mass is 10.1. The number of halogens is 2. The third-order valence-corrected chi connectivity index (χ3v) is 6.78. The van der Waals surface area contributed by atoms with Crippen molar-refractivity contribution in [1.29, 1.82) is 0 Å². The van der Waals surface area contributed by atoms with E-state index in [1.165, 1.54) is 0 Å². The molecule has 186 valence electrons. The molecule has 4 aromatic rings. The number of carbonyl (C=O) groups is 1. The van der Waals surface area contributed by atoms with Crippen molar-refractivity contribution >= 4 is 44.3 Å². The highest BCUT2D eigenvalue weighted by molar-refractivity contribution is 9.10. The fourth-order valence-corrected chi connectivity index (χ4v) is 4.86. The smallest absolute Gasteiger partial charge is 0.266 e. The molecule has 0 bridgehead atoms. The molecule has 0 aliphatic heterocycles. The number of hydrogen-bond acceptors (Lipinski definition) is 4. The van der Waals surface area contributed by atoms with Crippen LogP contribution in [0.1, 0.15) is 35.6 Å². The third-order valence-electron chi connectivity index (χ3n) is 6.05. The average molecular weight is 568 g/mol. The third kappa shape index (κ3) is 5.53. The van der Waals surface area contributed by atoms with Gasteiger partial charge in [-0.2, -0.15) is 0 Å². The van der Waals surface area contributed by atoms with Crippen LogP contribution < -0.4 is 5.56 Å². The number of likely N-dealkylation sites (N-methyl/N-ethyl adjacent to an activating group) is 1. The zero-order chi connectivity index (χ0) is 25.8. The average Bonchev–Trinajstić information content (AvgIpc) is 2.86. The van der Waals surface area contributed by atoms with E-state index in [2.05, 4.69) is 15.9 Å². The highest BCUT2D eigenvalue weighted by atomic mass is 79.9. The second-order valence-electron chi connectivity index (χ2n) is 8.84. The van der Waals surface area contributed by atoms with Gasteiger partial charge in [-0.15, -0.1) is 0 Å². The summed E-state index contributed by atoms with van der Waals surface area (Å²) in [6.07, 6.45) is 0.568. The van der Waals surface area contributed by atoms with Crippen LogP contribution in [0.15, 0.2) is 82.1 Å². The van der Waals surface area contributed by atoms with Gasteiger partial charge in [-0.1, -0.05) is 58.7 Å². The minimum Gasteiger partial charge on any atom is -0.327 e. The summed E-state index contributed by atoms with van der Waals surface area (Å²) in [5.74, 6) is 0.385. The molecule has 3 aromatic carbocycles. The Balaban J connectivity index is 1.95. The van der Waals surface area contributed by atoms with Crippen LogP contribution in [0.4, 0.5) is 0 Å². The van der Waals surface area contributed by atoms with Gasteiger partial charge in [0.2, 0.25) is 0 Å². The fraction of sp³-hybridized carbons (Fsp3) is 0.250. The number of rotatable bonds is 8.